The van der Waals surface area contributed by atoms with Crippen LogP contribution in [-0.2, 0) is 9.59 Å². The van der Waals surface area contributed by atoms with Crippen molar-refractivity contribution in [3.05, 3.63) is 28.2 Å². The topological polar surface area (TPSA) is 78.4 Å². The van der Waals surface area contributed by atoms with Gasteiger partial charge >= 0.3 is 0 Å². The molecule has 2 rings (SSSR count). The van der Waals surface area contributed by atoms with E-state index in [4.69, 9.17) is 0 Å². The summed E-state index contributed by atoms with van der Waals surface area (Å²) in [6.07, 6.45) is 0.615. The first kappa shape index (κ1) is 14.8. The van der Waals surface area contributed by atoms with Crippen LogP contribution in [0.15, 0.2) is 22.7 Å². The molecule has 0 aromatic heterocycles. The first-order chi connectivity index (χ1) is 9.38. The molecule has 2 amide bonds. The number of aromatic hydroxyl groups is 1. The van der Waals surface area contributed by atoms with Crippen LogP contribution in [0.2, 0.25) is 0 Å². The lowest BCUT2D eigenvalue weighted by molar-refractivity contribution is -0.137. The fourth-order valence-corrected chi connectivity index (χ4v) is 2.60. The second kappa shape index (κ2) is 5.83. The molecule has 1 aromatic rings. The van der Waals surface area contributed by atoms with E-state index >= 15 is 0 Å². The van der Waals surface area contributed by atoms with E-state index in [-0.39, 0.29) is 17.6 Å². The van der Waals surface area contributed by atoms with E-state index in [1.165, 1.54) is 6.07 Å². The summed E-state index contributed by atoms with van der Waals surface area (Å²) >= 11 is 3.20. The highest BCUT2D eigenvalue weighted by atomic mass is 79.9. The van der Waals surface area contributed by atoms with Gasteiger partial charge in [0.25, 0.3) is 0 Å². The lowest BCUT2D eigenvalue weighted by atomic mass is 9.97. The van der Waals surface area contributed by atoms with Crippen molar-refractivity contribution in [1.82, 2.24) is 10.6 Å². The highest BCUT2D eigenvalue weighted by molar-refractivity contribution is 9.10. The first-order valence-corrected chi connectivity index (χ1v) is 7.27. The Morgan fingerprint density at radius 1 is 1.25 bits per heavy atom. The summed E-state index contributed by atoms with van der Waals surface area (Å²) in [5, 5.41) is 14.9. The van der Waals surface area contributed by atoms with Gasteiger partial charge in [0.1, 0.15) is 17.8 Å². The van der Waals surface area contributed by atoms with Crippen LogP contribution < -0.4 is 10.6 Å². The Morgan fingerprint density at radius 3 is 2.55 bits per heavy atom. The van der Waals surface area contributed by atoms with Crippen LogP contribution in [0.1, 0.15) is 31.9 Å². The summed E-state index contributed by atoms with van der Waals surface area (Å²) in [6, 6.07) is 3.54. The largest absolute Gasteiger partial charge is 0.507 e. The molecule has 1 aliphatic heterocycles. The Kier molecular flexibility index (Phi) is 4.32. The summed E-state index contributed by atoms with van der Waals surface area (Å²) < 4.78 is 0.487. The summed E-state index contributed by atoms with van der Waals surface area (Å²) in [6.45, 7) is 4.01. The minimum absolute atomic E-state index is 0.0916. The summed E-state index contributed by atoms with van der Waals surface area (Å²) in [5.41, 5.74) is 0.628. The van der Waals surface area contributed by atoms with Gasteiger partial charge in [-0.1, -0.05) is 19.9 Å². The number of hydrogen-bond acceptors (Lipinski definition) is 3. The van der Waals surface area contributed by atoms with E-state index < -0.39 is 12.1 Å². The number of carbonyl (C=O) groups is 2. The van der Waals surface area contributed by atoms with Crippen LogP contribution in [-0.4, -0.2) is 23.0 Å². The Labute approximate surface area is 125 Å². The van der Waals surface area contributed by atoms with E-state index in [0.29, 0.717) is 22.4 Å². The average molecular weight is 341 g/mol. The maximum atomic E-state index is 12.1. The van der Waals surface area contributed by atoms with Gasteiger partial charge in [0, 0.05) is 0 Å². The second-order valence-corrected chi connectivity index (χ2v) is 6.20. The van der Waals surface area contributed by atoms with Crippen molar-refractivity contribution in [2.45, 2.75) is 32.4 Å². The molecule has 0 aliphatic carbocycles. The lowest BCUT2D eigenvalue weighted by Crippen LogP contribution is -2.57. The maximum Gasteiger partial charge on any atom is 0.247 e. The molecule has 3 N–H and O–H groups in total. The molecule has 1 saturated heterocycles. The zero-order valence-electron chi connectivity index (χ0n) is 11.3. The fraction of sp³-hybridized carbons (Fsp3) is 0.429. The molecule has 1 heterocycles. The highest BCUT2D eigenvalue weighted by Crippen LogP contribution is 2.28. The number of piperazine rings is 1. The predicted molar refractivity (Wildman–Crippen MR) is 78.1 cm³/mol. The molecule has 2 atom stereocenters. The number of carbonyl (C=O) groups excluding carboxylic acids is 2. The maximum absolute atomic E-state index is 12.1. The van der Waals surface area contributed by atoms with Gasteiger partial charge in [0.15, 0.2) is 0 Å². The number of nitrogens with one attached hydrogen (secondary N) is 2. The van der Waals surface area contributed by atoms with Crippen molar-refractivity contribution in [3.63, 3.8) is 0 Å². The molecule has 0 saturated carbocycles. The molecular formula is C14H17BrN2O3. The quantitative estimate of drug-likeness (QED) is 0.785. The Morgan fingerprint density at radius 2 is 1.95 bits per heavy atom. The van der Waals surface area contributed by atoms with Crippen molar-refractivity contribution >= 4 is 27.7 Å². The highest BCUT2D eigenvalue weighted by Gasteiger charge is 2.34. The molecule has 20 heavy (non-hydrogen) atoms. The minimum atomic E-state index is -0.720. The molecule has 1 aromatic carbocycles. The van der Waals surface area contributed by atoms with Crippen LogP contribution in [0.25, 0.3) is 0 Å². The third-order valence-electron chi connectivity index (χ3n) is 3.19. The third-order valence-corrected chi connectivity index (χ3v) is 3.83. The molecule has 6 heteroatoms. The normalized spacial score (nSPS) is 22.6. The van der Waals surface area contributed by atoms with E-state index in [1.807, 2.05) is 13.8 Å². The molecule has 0 radical (unpaired) electrons. The zero-order chi connectivity index (χ0) is 14.9. The molecule has 1 unspecified atom stereocenters. The van der Waals surface area contributed by atoms with E-state index in [2.05, 4.69) is 26.6 Å². The van der Waals surface area contributed by atoms with Gasteiger partial charge in [0.2, 0.25) is 11.8 Å². The van der Waals surface area contributed by atoms with Crippen LogP contribution in [0.3, 0.4) is 0 Å². The Hall–Kier alpha value is -1.56. The van der Waals surface area contributed by atoms with Crippen molar-refractivity contribution < 1.29 is 14.7 Å². The van der Waals surface area contributed by atoms with Crippen molar-refractivity contribution in [3.8, 4) is 5.75 Å². The smallest absolute Gasteiger partial charge is 0.247 e. The molecule has 5 nitrogen and oxygen atoms in total. The average Bonchev–Trinajstić information content (AvgIpc) is 2.36. The number of phenolic OH excluding ortho intramolecular Hbond substituents is 1. The van der Waals surface area contributed by atoms with Crippen molar-refractivity contribution in [2.75, 3.05) is 0 Å². The zero-order valence-corrected chi connectivity index (χ0v) is 12.9. The number of amides is 2. The van der Waals surface area contributed by atoms with Crippen molar-refractivity contribution in [2.24, 2.45) is 5.92 Å². The Balaban J connectivity index is 2.17. The number of rotatable bonds is 3. The third kappa shape index (κ3) is 3.12. The van der Waals surface area contributed by atoms with Gasteiger partial charge in [-0.25, -0.2) is 0 Å². The lowest BCUT2D eigenvalue weighted by Gasteiger charge is -2.30. The van der Waals surface area contributed by atoms with Gasteiger partial charge in [-0.2, -0.15) is 0 Å². The molecule has 1 aliphatic rings. The van der Waals surface area contributed by atoms with Crippen LogP contribution in [0.4, 0.5) is 0 Å². The van der Waals surface area contributed by atoms with Gasteiger partial charge in [-0.3, -0.25) is 9.59 Å². The first-order valence-electron chi connectivity index (χ1n) is 6.47. The van der Waals surface area contributed by atoms with E-state index in [1.54, 1.807) is 12.1 Å². The standard InChI is InChI=1S/C14H17BrN2O3/c1-7(2)5-10-13(19)17-12(14(20)16-10)8-3-4-11(18)9(15)6-8/h3-4,6-7,10,12,18H,5H2,1-2H3,(H,16,20)(H,17,19)/t10-,12?/m1/s1. The summed E-state index contributed by atoms with van der Waals surface area (Å²) in [5.74, 6) is 0.0136. The number of benzene rings is 1. The number of hydrogen-bond donors (Lipinski definition) is 3. The Bertz CT molecular complexity index is 545. The molecular weight excluding hydrogens is 324 g/mol. The number of phenols is 1. The van der Waals surface area contributed by atoms with Gasteiger partial charge in [-0.15, -0.1) is 0 Å². The summed E-state index contributed by atoms with van der Waals surface area (Å²) in [7, 11) is 0. The summed E-state index contributed by atoms with van der Waals surface area (Å²) in [4.78, 5) is 24.1. The monoisotopic (exact) mass is 340 g/mol. The van der Waals surface area contributed by atoms with Gasteiger partial charge in [-0.05, 0) is 46.0 Å². The fourth-order valence-electron chi connectivity index (χ4n) is 2.20. The second-order valence-electron chi connectivity index (χ2n) is 5.34. The van der Waals surface area contributed by atoms with E-state index in [9.17, 15) is 14.7 Å². The van der Waals surface area contributed by atoms with E-state index in [0.717, 1.165) is 0 Å². The molecule has 108 valence electrons. The van der Waals surface area contributed by atoms with Crippen LogP contribution >= 0.6 is 15.9 Å². The molecule has 0 spiro atoms. The molecule has 1 fully saturated rings. The van der Waals surface area contributed by atoms with Gasteiger partial charge < -0.3 is 15.7 Å². The van der Waals surface area contributed by atoms with Crippen LogP contribution in [0.5, 0.6) is 5.75 Å². The predicted octanol–water partition coefficient (Wildman–Crippen LogP) is 1.86. The SMILES string of the molecule is CC(C)C[C@H]1NC(=O)C(c2ccc(O)c(Br)c2)NC1=O. The molecule has 0 bridgehead atoms. The number of halogens is 1. The van der Waals surface area contributed by atoms with Gasteiger partial charge in [0.05, 0.1) is 4.47 Å². The minimum Gasteiger partial charge on any atom is -0.507 e. The van der Waals surface area contributed by atoms with Crippen LogP contribution in [0, 0.1) is 5.92 Å². The van der Waals surface area contributed by atoms with Crippen molar-refractivity contribution in [1.29, 1.82) is 0 Å².